The summed E-state index contributed by atoms with van der Waals surface area (Å²) in [6.45, 7) is 0. The summed E-state index contributed by atoms with van der Waals surface area (Å²) in [5, 5.41) is 12.3. The Hall–Kier alpha value is -3.02. The predicted octanol–water partition coefficient (Wildman–Crippen LogP) is 1.68. The molecule has 0 aliphatic rings. The van der Waals surface area contributed by atoms with E-state index >= 15 is 0 Å². The van der Waals surface area contributed by atoms with Crippen molar-refractivity contribution in [2.24, 2.45) is 5.10 Å². The van der Waals surface area contributed by atoms with E-state index in [9.17, 15) is 4.79 Å². The standard InChI is InChI=1S/C15H12N4O2/c1-21-12-6-4-5-11(9-12)10-16-19-15(20)13-7-2-3-8-14(13)17-18-19/h2-10H,1H3/b16-10+. The molecule has 0 amide bonds. The second-order valence-corrected chi connectivity index (χ2v) is 4.32. The van der Waals surface area contributed by atoms with Gasteiger partial charge in [0.15, 0.2) is 0 Å². The molecule has 0 atom stereocenters. The van der Waals surface area contributed by atoms with Gasteiger partial charge in [0.1, 0.15) is 11.3 Å². The van der Waals surface area contributed by atoms with Crippen molar-refractivity contribution in [1.29, 1.82) is 0 Å². The summed E-state index contributed by atoms with van der Waals surface area (Å²) >= 11 is 0. The van der Waals surface area contributed by atoms with Crippen LogP contribution in [0.4, 0.5) is 0 Å². The Morgan fingerprint density at radius 2 is 2.05 bits per heavy atom. The zero-order valence-electron chi connectivity index (χ0n) is 11.3. The average molecular weight is 280 g/mol. The zero-order chi connectivity index (χ0) is 14.7. The molecular formula is C15H12N4O2. The Balaban J connectivity index is 1.99. The molecule has 104 valence electrons. The van der Waals surface area contributed by atoms with Gasteiger partial charge in [0.25, 0.3) is 5.56 Å². The molecule has 3 rings (SSSR count). The highest BCUT2D eigenvalue weighted by Gasteiger charge is 2.03. The molecule has 0 fully saturated rings. The number of fused-ring (bicyclic) bond motifs is 1. The first-order valence-corrected chi connectivity index (χ1v) is 6.31. The topological polar surface area (TPSA) is 69.4 Å². The van der Waals surface area contributed by atoms with Gasteiger partial charge in [-0.2, -0.15) is 5.10 Å². The SMILES string of the molecule is COc1cccc(/C=N/n2nnc3ccccc3c2=O)c1. The number of nitrogens with zero attached hydrogens (tertiary/aromatic N) is 4. The van der Waals surface area contributed by atoms with Gasteiger partial charge < -0.3 is 4.74 Å². The third-order valence-electron chi connectivity index (χ3n) is 2.96. The van der Waals surface area contributed by atoms with Crippen molar-refractivity contribution < 1.29 is 4.74 Å². The fourth-order valence-electron chi connectivity index (χ4n) is 1.90. The molecule has 21 heavy (non-hydrogen) atoms. The Labute approximate surface area is 120 Å². The maximum atomic E-state index is 12.2. The van der Waals surface area contributed by atoms with Gasteiger partial charge in [-0.25, -0.2) is 0 Å². The lowest BCUT2D eigenvalue weighted by atomic mass is 10.2. The van der Waals surface area contributed by atoms with Crippen molar-refractivity contribution in [1.82, 2.24) is 15.1 Å². The molecule has 0 bridgehead atoms. The minimum absolute atomic E-state index is 0.306. The van der Waals surface area contributed by atoms with Crippen LogP contribution in [0.25, 0.3) is 10.9 Å². The molecule has 0 N–H and O–H groups in total. The number of methoxy groups -OCH3 is 1. The third-order valence-corrected chi connectivity index (χ3v) is 2.96. The fraction of sp³-hybridized carbons (Fsp3) is 0.0667. The summed E-state index contributed by atoms with van der Waals surface area (Å²) in [6, 6.07) is 14.4. The summed E-state index contributed by atoms with van der Waals surface area (Å²) < 4.78 is 5.13. The minimum Gasteiger partial charge on any atom is -0.497 e. The summed E-state index contributed by atoms with van der Waals surface area (Å²) in [5.41, 5.74) is 1.05. The number of hydrogen-bond acceptors (Lipinski definition) is 5. The average Bonchev–Trinajstić information content (AvgIpc) is 2.55. The fourth-order valence-corrected chi connectivity index (χ4v) is 1.90. The summed E-state index contributed by atoms with van der Waals surface area (Å²) in [7, 11) is 1.59. The van der Waals surface area contributed by atoms with Gasteiger partial charge in [0.05, 0.1) is 18.7 Å². The van der Waals surface area contributed by atoms with Gasteiger partial charge in [0.2, 0.25) is 0 Å². The molecule has 2 aromatic carbocycles. The smallest absolute Gasteiger partial charge is 0.299 e. The lowest BCUT2D eigenvalue weighted by Gasteiger charge is -2.00. The molecule has 3 aromatic rings. The molecule has 0 aliphatic heterocycles. The van der Waals surface area contributed by atoms with E-state index < -0.39 is 0 Å². The molecule has 1 heterocycles. The summed E-state index contributed by atoms with van der Waals surface area (Å²) in [6.07, 6.45) is 1.54. The third kappa shape index (κ3) is 2.64. The van der Waals surface area contributed by atoms with E-state index in [1.807, 2.05) is 24.3 Å². The molecule has 0 saturated heterocycles. The molecule has 6 heteroatoms. The Kier molecular flexibility index (Phi) is 3.42. The van der Waals surface area contributed by atoms with E-state index in [0.29, 0.717) is 10.9 Å². The van der Waals surface area contributed by atoms with E-state index in [2.05, 4.69) is 15.4 Å². The normalized spacial score (nSPS) is 11.1. The van der Waals surface area contributed by atoms with Crippen LogP contribution in [0.2, 0.25) is 0 Å². The molecule has 0 radical (unpaired) electrons. The first kappa shape index (κ1) is 13.0. The second kappa shape index (κ2) is 5.54. The van der Waals surface area contributed by atoms with E-state index in [0.717, 1.165) is 16.1 Å². The molecule has 0 spiro atoms. The number of hydrogen-bond donors (Lipinski definition) is 0. The predicted molar refractivity (Wildman–Crippen MR) is 79.8 cm³/mol. The number of rotatable bonds is 3. The van der Waals surface area contributed by atoms with Gasteiger partial charge in [-0.05, 0) is 35.0 Å². The van der Waals surface area contributed by atoms with Gasteiger partial charge in [-0.1, -0.05) is 29.1 Å². The highest BCUT2D eigenvalue weighted by Crippen LogP contribution is 2.10. The van der Waals surface area contributed by atoms with Crippen molar-refractivity contribution in [3.63, 3.8) is 0 Å². The van der Waals surface area contributed by atoms with E-state index in [1.165, 1.54) is 6.21 Å². The van der Waals surface area contributed by atoms with Crippen LogP contribution in [0.1, 0.15) is 5.56 Å². The van der Waals surface area contributed by atoms with Crippen LogP contribution >= 0.6 is 0 Å². The highest BCUT2D eigenvalue weighted by molar-refractivity contribution is 5.80. The van der Waals surface area contributed by atoms with Crippen molar-refractivity contribution in [2.45, 2.75) is 0 Å². The van der Waals surface area contributed by atoms with Crippen molar-refractivity contribution in [2.75, 3.05) is 7.11 Å². The first-order chi connectivity index (χ1) is 10.3. The lowest BCUT2D eigenvalue weighted by Crippen LogP contribution is -2.20. The Bertz CT molecular complexity index is 871. The van der Waals surface area contributed by atoms with Crippen molar-refractivity contribution in [3.8, 4) is 5.75 Å². The highest BCUT2D eigenvalue weighted by atomic mass is 16.5. The van der Waals surface area contributed by atoms with E-state index in [-0.39, 0.29) is 5.56 Å². The molecule has 0 aliphatic carbocycles. The van der Waals surface area contributed by atoms with E-state index in [1.54, 1.807) is 31.4 Å². The lowest BCUT2D eigenvalue weighted by molar-refractivity contribution is 0.414. The van der Waals surface area contributed by atoms with Crippen molar-refractivity contribution >= 4 is 17.1 Å². The molecular weight excluding hydrogens is 268 g/mol. The monoisotopic (exact) mass is 280 g/mol. The minimum atomic E-state index is -0.306. The van der Waals surface area contributed by atoms with Gasteiger partial charge in [-0.15, -0.1) is 5.10 Å². The maximum Gasteiger partial charge on any atom is 0.299 e. The van der Waals surface area contributed by atoms with Gasteiger partial charge in [-0.3, -0.25) is 4.79 Å². The second-order valence-electron chi connectivity index (χ2n) is 4.32. The van der Waals surface area contributed by atoms with Crippen LogP contribution in [0.3, 0.4) is 0 Å². The molecule has 6 nitrogen and oxygen atoms in total. The van der Waals surface area contributed by atoms with Crippen LogP contribution < -0.4 is 10.3 Å². The Morgan fingerprint density at radius 1 is 1.19 bits per heavy atom. The largest absolute Gasteiger partial charge is 0.497 e. The summed E-state index contributed by atoms with van der Waals surface area (Å²) in [4.78, 5) is 13.2. The molecule has 0 unspecified atom stereocenters. The van der Waals surface area contributed by atoms with Gasteiger partial charge in [0, 0.05) is 0 Å². The number of aromatic nitrogens is 3. The van der Waals surface area contributed by atoms with Crippen molar-refractivity contribution in [3.05, 3.63) is 64.4 Å². The molecule has 1 aromatic heterocycles. The van der Waals surface area contributed by atoms with Crippen LogP contribution in [0, 0.1) is 0 Å². The van der Waals surface area contributed by atoms with Crippen LogP contribution in [0.5, 0.6) is 5.75 Å². The quantitative estimate of drug-likeness (QED) is 0.684. The van der Waals surface area contributed by atoms with Gasteiger partial charge >= 0.3 is 0 Å². The van der Waals surface area contributed by atoms with E-state index in [4.69, 9.17) is 4.74 Å². The van der Waals surface area contributed by atoms with Crippen LogP contribution in [-0.4, -0.2) is 28.4 Å². The maximum absolute atomic E-state index is 12.2. The summed E-state index contributed by atoms with van der Waals surface area (Å²) in [5.74, 6) is 0.718. The van der Waals surface area contributed by atoms with Crippen LogP contribution in [-0.2, 0) is 0 Å². The van der Waals surface area contributed by atoms with Crippen LogP contribution in [0.15, 0.2) is 58.4 Å². The number of ether oxygens (including phenoxy) is 1. The zero-order valence-corrected chi connectivity index (χ0v) is 11.3. The first-order valence-electron chi connectivity index (χ1n) is 6.31. The molecule has 0 saturated carbocycles. The Morgan fingerprint density at radius 3 is 2.90 bits per heavy atom. The number of benzene rings is 2.